The SMILES string of the molecule is C[C@@H]1CCCCN1C(=O)CN1C(=O)S/C(=C\c2ccccc2O)C1=O. The molecule has 2 saturated heterocycles. The van der Waals surface area contributed by atoms with E-state index in [1.165, 1.54) is 12.1 Å². The molecule has 1 atom stereocenters. The van der Waals surface area contributed by atoms with E-state index >= 15 is 0 Å². The van der Waals surface area contributed by atoms with Crippen LogP contribution in [0.3, 0.4) is 0 Å². The summed E-state index contributed by atoms with van der Waals surface area (Å²) in [6, 6.07) is 6.72. The minimum atomic E-state index is -0.490. The molecule has 7 heteroatoms. The Kier molecular flexibility index (Phi) is 5.13. The Morgan fingerprint density at radius 3 is 2.80 bits per heavy atom. The first-order chi connectivity index (χ1) is 12.0. The zero-order chi connectivity index (χ0) is 18.0. The summed E-state index contributed by atoms with van der Waals surface area (Å²) in [7, 11) is 0. The lowest BCUT2D eigenvalue weighted by molar-refractivity contribution is -0.138. The van der Waals surface area contributed by atoms with Gasteiger partial charge in [0.25, 0.3) is 11.1 Å². The fraction of sp³-hybridized carbons (Fsp3) is 0.389. The molecule has 0 unspecified atom stereocenters. The van der Waals surface area contributed by atoms with E-state index in [9.17, 15) is 19.5 Å². The number of piperidine rings is 1. The number of phenols is 1. The maximum atomic E-state index is 12.5. The van der Waals surface area contributed by atoms with Crippen molar-refractivity contribution in [3.8, 4) is 5.75 Å². The summed E-state index contributed by atoms with van der Waals surface area (Å²) in [5.74, 6) is -0.651. The van der Waals surface area contributed by atoms with E-state index in [0.717, 1.165) is 35.9 Å². The molecule has 132 valence electrons. The van der Waals surface area contributed by atoms with Gasteiger partial charge in [0.05, 0.1) is 4.91 Å². The van der Waals surface area contributed by atoms with Gasteiger partial charge in [0.2, 0.25) is 5.91 Å². The molecular weight excluding hydrogens is 340 g/mol. The molecule has 0 aromatic heterocycles. The average molecular weight is 360 g/mol. The first kappa shape index (κ1) is 17.5. The monoisotopic (exact) mass is 360 g/mol. The van der Waals surface area contributed by atoms with Crippen LogP contribution >= 0.6 is 11.8 Å². The predicted octanol–water partition coefficient (Wildman–Crippen LogP) is 2.83. The third-order valence-corrected chi connectivity index (χ3v) is 5.42. The number of aromatic hydroxyl groups is 1. The van der Waals surface area contributed by atoms with Gasteiger partial charge in [0.1, 0.15) is 12.3 Å². The summed E-state index contributed by atoms with van der Waals surface area (Å²) >= 11 is 0.791. The molecule has 0 spiro atoms. The van der Waals surface area contributed by atoms with Crippen molar-refractivity contribution in [1.82, 2.24) is 9.80 Å². The third kappa shape index (κ3) is 3.71. The molecule has 1 aromatic carbocycles. The zero-order valence-corrected chi connectivity index (χ0v) is 14.8. The highest BCUT2D eigenvalue weighted by atomic mass is 32.2. The molecule has 2 aliphatic rings. The number of phenolic OH excluding ortho intramolecular Hbond substituents is 1. The molecule has 25 heavy (non-hydrogen) atoms. The van der Waals surface area contributed by atoms with E-state index in [2.05, 4.69) is 0 Å². The van der Waals surface area contributed by atoms with Gasteiger partial charge in [-0.3, -0.25) is 19.3 Å². The van der Waals surface area contributed by atoms with Crippen LogP contribution < -0.4 is 0 Å². The fourth-order valence-electron chi connectivity index (χ4n) is 3.08. The molecule has 0 saturated carbocycles. The maximum absolute atomic E-state index is 12.5. The van der Waals surface area contributed by atoms with Gasteiger partial charge in [0.15, 0.2) is 0 Å². The van der Waals surface area contributed by atoms with Gasteiger partial charge in [-0.15, -0.1) is 0 Å². The van der Waals surface area contributed by atoms with Crippen LogP contribution in [-0.4, -0.2) is 51.1 Å². The van der Waals surface area contributed by atoms with E-state index < -0.39 is 11.1 Å². The molecule has 0 radical (unpaired) electrons. The summed E-state index contributed by atoms with van der Waals surface area (Å²) in [6.07, 6.45) is 4.47. The summed E-state index contributed by atoms with van der Waals surface area (Å²) in [5.41, 5.74) is 0.462. The van der Waals surface area contributed by atoms with E-state index in [4.69, 9.17) is 0 Å². The van der Waals surface area contributed by atoms with E-state index in [1.54, 1.807) is 23.1 Å². The number of nitrogens with zero attached hydrogens (tertiary/aromatic N) is 2. The lowest BCUT2D eigenvalue weighted by Crippen LogP contribution is -2.47. The lowest BCUT2D eigenvalue weighted by Gasteiger charge is -2.34. The molecule has 2 fully saturated rings. The number of carbonyl (C=O) groups is 3. The largest absolute Gasteiger partial charge is 0.507 e. The average Bonchev–Trinajstić information content (AvgIpc) is 2.85. The molecule has 1 aromatic rings. The van der Waals surface area contributed by atoms with Gasteiger partial charge in [0, 0.05) is 18.2 Å². The minimum absolute atomic E-state index is 0.0347. The first-order valence-corrected chi connectivity index (χ1v) is 9.12. The van der Waals surface area contributed by atoms with Crippen molar-refractivity contribution in [3.63, 3.8) is 0 Å². The van der Waals surface area contributed by atoms with Crippen molar-refractivity contribution in [2.75, 3.05) is 13.1 Å². The molecule has 2 heterocycles. The fourth-order valence-corrected chi connectivity index (χ4v) is 3.91. The molecule has 0 bridgehead atoms. The Bertz CT molecular complexity index is 746. The maximum Gasteiger partial charge on any atom is 0.294 e. The topological polar surface area (TPSA) is 77.9 Å². The van der Waals surface area contributed by atoms with Gasteiger partial charge < -0.3 is 10.0 Å². The Labute approximate surface area is 150 Å². The number of benzene rings is 1. The summed E-state index contributed by atoms with van der Waals surface area (Å²) in [6.45, 7) is 2.43. The second kappa shape index (κ2) is 7.31. The molecule has 3 amide bonds. The highest BCUT2D eigenvalue weighted by molar-refractivity contribution is 8.18. The number of para-hydroxylation sites is 1. The number of rotatable bonds is 3. The second-order valence-corrected chi connectivity index (χ2v) is 7.25. The smallest absolute Gasteiger partial charge is 0.294 e. The van der Waals surface area contributed by atoms with E-state index in [-0.39, 0.29) is 29.1 Å². The normalized spacial score (nSPS) is 22.8. The van der Waals surface area contributed by atoms with Gasteiger partial charge in [-0.05, 0) is 50.1 Å². The number of imide groups is 1. The lowest BCUT2D eigenvalue weighted by atomic mass is 10.0. The van der Waals surface area contributed by atoms with Crippen molar-refractivity contribution in [1.29, 1.82) is 0 Å². The quantitative estimate of drug-likeness (QED) is 0.839. The second-order valence-electron chi connectivity index (χ2n) is 6.26. The standard InChI is InChI=1S/C18H20N2O4S/c1-12-6-4-5-9-19(12)16(22)11-20-17(23)15(25-18(20)24)10-13-7-2-3-8-14(13)21/h2-3,7-8,10,12,21H,4-6,9,11H2,1H3/b15-10-/t12-/m1/s1. The van der Waals surface area contributed by atoms with Crippen LogP contribution in [0.25, 0.3) is 6.08 Å². The molecule has 6 nitrogen and oxygen atoms in total. The Morgan fingerprint density at radius 1 is 1.32 bits per heavy atom. The number of hydrogen-bond donors (Lipinski definition) is 1. The molecule has 0 aliphatic carbocycles. The van der Waals surface area contributed by atoms with Crippen molar-refractivity contribution in [3.05, 3.63) is 34.7 Å². The first-order valence-electron chi connectivity index (χ1n) is 8.30. The van der Waals surface area contributed by atoms with Crippen molar-refractivity contribution in [2.24, 2.45) is 0 Å². The third-order valence-electron chi connectivity index (χ3n) is 4.51. The summed E-state index contributed by atoms with van der Waals surface area (Å²) in [5, 5.41) is 9.36. The van der Waals surface area contributed by atoms with Crippen molar-refractivity contribution in [2.45, 2.75) is 32.2 Å². The molecular formula is C18H20N2O4S. The van der Waals surface area contributed by atoms with Crippen molar-refractivity contribution < 1.29 is 19.5 Å². The van der Waals surface area contributed by atoms with E-state index in [0.29, 0.717) is 12.1 Å². The van der Waals surface area contributed by atoms with E-state index in [1.807, 2.05) is 6.92 Å². The van der Waals surface area contributed by atoms with Crippen LogP contribution in [0, 0.1) is 0 Å². The summed E-state index contributed by atoms with van der Waals surface area (Å²) < 4.78 is 0. The number of carbonyl (C=O) groups excluding carboxylic acids is 3. The minimum Gasteiger partial charge on any atom is -0.507 e. The Morgan fingerprint density at radius 2 is 2.08 bits per heavy atom. The summed E-state index contributed by atoms with van der Waals surface area (Å²) in [4.78, 5) is 40.1. The zero-order valence-electron chi connectivity index (χ0n) is 14.0. The van der Waals surface area contributed by atoms with Crippen LogP contribution in [0.15, 0.2) is 29.2 Å². The molecule has 1 N–H and O–H groups in total. The predicted molar refractivity (Wildman–Crippen MR) is 95.8 cm³/mol. The van der Waals surface area contributed by atoms with Crippen LogP contribution in [0.5, 0.6) is 5.75 Å². The van der Waals surface area contributed by atoms with Gasteiger partial charge in [-0.2, -0.15) is 0 Å². The van der Waals surface area contributed by atoms with Crippen LogP contribution in [0.2, 0.25) is 0 Å². The van der Waals surface area contributed by atoms with Gasteiger partial charge in [-0.1, -0.05) is 18.2 Å². The molecule has 3 rings (SSSR count). The Hall–Kier alpha value is -2.28. The van der Waals surface area contributed by atoms with Crippen LogP contribution in [0.1, 0.15) is 31.7 Å². The number of thioether (sulfide) groups is 1. The number of likely N-dealkylation sites (tertiary alicyclic amines) is 1. The van der Waals surface area contributed by atoms with Gasteiger partial charge in [-0.25, -0.2) is 0 Å². The van der Waals surface area contributed by atoms with Crippen LogP contribution in [-0.2, 0) is 9.59 Å². The molecule has 2 aliphatic heterocycles. The highest BCUT2D eigenvalue weighted by Crippen LogP contribution is 2.33. The van der Waals surface area contributed by atoms with Crippen molar-refractivity contribution >= 4 is 34.9 Å². The number of hydrogen-bond acceptors (Lipinski definition) is 5. The Balaban J connectivity index is 1.73. The number of amides is 3. The van der Waals surface area contributed by atoms with Crippen LogP contribution in [0.4, 0.5) is 4.79 Å². The highest BCUT2D eigenvalue weighted by Gasteiger charge is 2.38. The van der Waals surface area contributed by atoms with Gasteiger partial charge >= 0.3 is 0 Å².